The number of carboxylic acids is 2. The van der Waals surface area contributed by atoms with E-state index in [1.165, 1.54) is 28.7 Å². The van der Waals surface area contributed by atoms with Crippen molar-refractivity contribution in [3.05, 3.63) is 143 Å². The smallest absolute Gasteiger partial charge is 0.326 e. The molecule has 0 spiro atoms. The van der Waals surface area contributed by atoms with E-state index < -0.39 is 60.2 Å². The number of carboxylic acid groups (broad SMARTS) is 2. The van der Waals surface area contributed by atoms with Gasteiger partial charge in [-0.05, 0) is 153 Å². The molecule has 4 aromatic rings. The molecule has 3 fully saturated rings. The van der Waals surface area contributed by atoms with Gasteiger partial charge in [0.1, 0.15) is 30.0 Å². The second kappa shape index (κ2) is 33.5. The Hall–Kier alpha value is -7.12. The third-order valence-electron chi connectivity index (χ3n) is 16.8. The largest absolute Gasteiger partial charge is 0.480 e. The quantitative estimate of drug-likeness (QED) is 0.0344. The number of nitrogens with zero attached hydrogens (tertiary/aromatic N) is 2. The Bertz CT molecular complexity index is 2820. The van der Waals surface area contributed by atoms with Gasteiger partial charge >= 0.3 is 23.9 Å². The fourth-order valence-corrected chi connectivity index (χ4v) is 12.3. The number of rotatable bonds is 26. The lowest BCUT2D eigenvalue weighted by molar-refractivity contribution is -0.152. The standard InChI is InChI=1S/C24H28N2O4.C23H34N2O3.C20H28N2O5/c1-16(25-21(17(2)27)13-12-18-8-4-3-5-9-18)23(28)26-15-20-11-7-6-10-19(20)14-22(26)24(29)30;1-4-28-23(27)20(13-10-17-8-6-5-7-9-17)25-16(3)22(26)19-12-11-18-14-15(2)24-21(18)19;1-3-27-20(26)16(12-11-15-8-5-4-6-9-15)21-14(2)18(23)22-13-7-10-17(22)19(24)25/h3-11,16,21-22,25H,12-15H2,1-2H3,(H,29,30);5-9,15-16,18-21,24-25H,4,10-14H2,1-3H3;4-6,8-9,14,16-17,21H,3,7,10-13H2,1-2H3,(H,24,25)/t16-,21-,22-;15-,16-,18-,19?,20-,21+;14-,16-,17-/m000/s1. The van der Waals surface area contributed by atoms with Crippen molar-refractivity contribution in [2.45, 2.75) is 192 Å². The van der Waals surface area contributed by atoms with Gasteiger partial charge in [0.15, 0.2) is 5.78 Å². The first-order valence-corrected chi connectivity index (χ1v) is 30.5. The SMILES string of the molecule is CC(=O)[C@H](CCc1ccccc1)N[C@@H](C)C(=O)N1Cc2ccccc2C[C@H]1C(=O)O.CCOC(=O)[C@H](CCc1ccccc1)N[C@@H](C)C(=O)C1CC[C@H]2C[C@H](C)N[C@@H]12.CCOC(=O)[C@H](CCc1ccccc1)N[C@@H](C)C(=O)N1CCC[C@H]1C(=O)O. The van der Waals surface area contributed by atoms with E-state index in [2.05, 4.69) is 40.3 Å². The zero-order valence-electron chi connectivity index (χ0n) is 50.6. The maximum Gasteiger partial charge on any atom is 0.326 e. The van der Waals surface area contributed by atoms with Crippen LogP contribution in [-0.2, 0) is 80.1 Å². The number of carbonyl (C=O) groups excluding carboxylic acids is 6. The summed E-state index contributed by atoms with van der Waals surface area (Å²) in [6, 6.07) is 33.2. The predicted molar refractivity (Wildman–Crippen MR) is 324 cm³/mol. The van der Waals surface area contributed by atoms with E-state index >= 15 is 0 Å². The summed E-state index contributed by atoms with van der Waals surface area (Å²) in [5.74, 6) is -2.41. The zero-order valence-corrected chi connectivity index (χ0v) is 50.6. The van der Waals surface area contributed by atoms with Crippen LogP contribution in [0.15, 0.2) is 115 Å². The summed E-state index contributed by atoms with van der Waals surface area (Å²) in [5, 5.41) is 32.0. The molecular weight excluding hydrogens is 1080 g/mol. The molecular formula is C67H90N6O12. The van der Waals surface area contributed by atoms with Crippen LogP contribution in [0.3, 0.4) is 0 Å². The van der Waals surface area contributed by atoms with Crippen LogP contribution in [0.2, 0.25) is 0 Å². The van der Waals surface area contributed by atoms with Gasteiger partial charge in [0, 0.05) is 37.5 Å². The lowest BCUT2D eigenvalue weighted by Crippen LogP contribution is -2.56. The Morgan fingerprint density at radius 3 is 1.51 bits per heavy atom. The Balaban J connectivity index is 0.000000205. The Morgan fingerprint density at radius 2 is 1.02 bits per heavy atom. The summed E-state index contributed by atoms with van der Waals surface area (Å²) in [7, 11) is 0. The number of amides is 2. The van der Waals surface area contributed by atoms with Crippen LogP contribution in [-0.4, -0.2) is 147 Å². The number of ketones is 2. The zero-order chi connectivity index (χ0) is 61.6. The molecule has 85 heavy (non-hydrogen) atoms. The van der Waals surface area contributed by atoms with Crippen molar-refractivity contribution in [1.82, 2.24) is 31.1 Å². The first kappa shape index (κ1) is 67.0. The molecule has 460 valence electrons. The van der Waals surface area contributed by atoms with Gasteiger partial charge in [-0.15, -0.1) is 0 Å². The molecule has 4 aromatic carbocycles. The van der Waals surface area contributed by atoms with Gasteiger partial charge in [0.05, 0.1) is 37.4 Å². The number of likely N-dealkylation sites (tertiary alicyclic amines) is 1. The highest BCUT2D eigenvalue weighted by molar-refractivity contribution is 5.90. The molecule has 0 radical (unpaired) electrons. The van der Waals surface area contributed by atoms with Gasteiger partial charge in [-0.3, -0.25) is 44.7 Å². The Labute approximate surface area is 501 Å². The summed E-state index contributed by atoms with van der Waals surface area (Å²) in [5.41, 5.74) is 5.32. The first-order valence-electron chi connectivity index (χ1n) is 30.5. The molecule has 1 unspecified atom stereocenters. The third kappa shape index (κ3) is 19.7. The number of hydrogen-bond donors (Lipinski definition) is 6. The predicted octanol–water partition coefficient (Wildman–Crippen LogP) is 7.07. The number of Topliss-reactive ketones (excluding diaryl/α,β-unsaturated/α-hetero) is 2. The molecule has 1 aliphatic carbocycles. The summed E-state index contributed by atoms with van der Waals surface area (Å²) in [4.78, 5) is 102. The number of ether oxygens (including phenoxy) is 2. The van der Waals surface area contributed by atoms with Crippen molar-refractivity contribution in [1.29, 1.82) is 0 Å². The molecule has 6 N–H and O–H groups in total. The monoisotopic (exact) mass is 1170 g/mol. The van der Waals surface area contributed by atoms with E-state index in [1.807, 2.05) is 117 Å². The van der Waals surface area contributed by atoms with Gasteiger partial charge in [-0.2, -0.15) is 0 Å². The van der Waals surface area contributed by atoms with Gasteiger partial charge < -0.3 is 34.8 Å². The minimum absolute atomic E-state index is 0.0376. The number of aryl methyl sites for hydroxylation is 3. The second-order valence-electron chi connectivity index (χ2n) is 23.0. The fourth-order valence-electron chi connectivity index (χ4n) is 12.3. The topological polar surface area (TPSA) is 250 Å². The minimum atomic E-state index is -1.02. The molecule has 2 amide bonds. The number of hydrogen-bond acceptors (Lipinski definition) is 14. The van der Waals surface area contributed by atoms with E-state index in [4.69, 9.17) is 9.47 Å². The number of esters is 2. The maximum atomic E-state index is 13.1. The highest BCUT2D eigenvalue weighted by Gasteiger charge is 2.46. The van der Waals surface area contributed by atoms with Crippen molar-refractivity contribution < 1.29 is 58.0 Å². The van der Waals surface area contributed by atoms with Crippen molar-refractivity contribution in [3.63, 3.8) is 0 Å². The first-order chi connectivity index (χ1) is 40.8. The lowest BCUT2D eigenvalue weighted by Gasteiger charge is -2.36. The number of fused-ring (bicyclic) bond motifs is 2. The number of benzene rings is 4. The highest BCUT2D eigenvalue weighted by atomic mass is 16.5. The summed E-state index contributed by atoms with van der Waals surface area (Å²) in [6.07, 6.45) is 8.49. The van der Waals surface area contributed by atoms with Gasteiger partial charge in [-0.1, -0.05) is 115 Å². The van der Waals surface area contributed by atoms with Crippen LogP contribution in [0.25, 0.3) is 0 Å². The van der Waals surface area contributed by atoms with Crippen molar-refractivity contribution in [3.8, 4) is 0 Å². The van der Waals surface area contributed by atoms with Crippen LogP contribution >= 0.6 is 0 Å². The minimum Gasteiger partial charge on any atom is -0.480 e. The molecule has 8 rings (SSSR count). The van der Waals surface area contributed by atoms with E-state index in [9.17, 15) is 48.6 Å². The van der Waals surface area contributed by atoms with Crippen LogP contribution in [0.4, 0.5) is 0 Å². The van der Waals surface area contributed by atoms with Crippen molar-refractivity contribution >= 4 is 47.3 Å². The van der Waals surface area contributed by atoms with Crippen LogP contribution < -0.4 is 21.3 Å². The second-order valence-corrected chi connectivity index (χ2v) is 23.0. The van der Waals surface area contributed by atoms with Crippen LogP contribution in [0, 0.1) is 11.8 Å². The molecule has 3 heterocycles. The van der Waals surface area contributed by atoms with Crippen LogP contribution in [0.1, 0.15) is 128 Å². The Kier molecular flexibility index (Phi) is 26.4. The van der Waals surface area contributed by atoms with Gasteiger partial charge in [0.25, 0.3) is 0 Å². The molecule has 3 aliphatic heterocycles. The molecule has 2 saturated heterocycles. The average molecular weight is 1170 g/mol. The third-order valence-corrected chi connectivity index (χ3v) is 16.8. The fraction of sp³-hybridized carbons (Fsp3) is 0.522. The molecule has 12 atom stereocenters. The maximum absolute atomic E-state index is 13.1. The van der Waals surface area contributed by atoms with Gasteiger partial charge in [-0.25, -0.2) is 9.59 Å². The number of carbonyl (C=O) groups is 8. The summed E-state index contributed by atoms with van der Waals surface area (Å²) in [6.45, 7) is 13.8. The molecule has 0 aromatic heterocycles. The molecule has 18 nitrogen and oxygen atoms in total. The van der Waals surface area contributed by atoms with E-state index in [1.54, 1.807) is 20.8 Å². The van der Waals surface area contributed by atoms with Crippen molar-refractivity contribution in [2.24, 2.45) is 11.8 Å². The highest BCUT2D eigenvalue weighted by Crippen LogP contribution is 2.40. The van der Waals surface area contributed by atoms with Gasteiger partial charge in [0.2, 0.25) is 11.8 Å². The molecule has 1 saturated carbocycles. The molecule has 18 heteroatoms. The number of aliphatic carboxylic acids is 2. The average Bonchev–Trinajstić information content (AvgIpc) is 2.73. The van der Waals surface area contributed by atoms with E-state index in [-0.39, 0.29) is 60.9 Å². The lowest BCUT2D eigenvalue weighted by atomic mass is 9.91. The molecule has 4 aliphatic rings. The van der Waals surface area contributed by atoms with E-state index in [0.29, 0.717) is 76.1 Å². The Morgan fingerprint density at radius 1 is 0.576 bits per heavy atom. The van der Waals surface area contributed by atoms with E-state index in [0.717, 1.165) is 41.5 Å². The number of nitrogens with one attached hydrogen (secondary N) is 4. The van der Waals surface area contributed by atoms with Crippen molar-refractivity contribution in [2.75, 3.05) is 19.8 Å². The summed E-state index contributed by atoms with van der Waals surface area (Å²) >= 11 is 0. The molecule has 0 bridgehead atoms. The normalized spacial score (nSPS) is 21.6. The van der Waals surface area contributed by atoms with Crippen LogP contribution in [0.5, 0.6) is 0 Å². The summed E-state index contributed by atoms with van der Waals surface area (Å²) < 4.78 is 10.4.